The smallest absolute Gasteiger partial charge is 0.407 e. The van der Waals surface area contributed by atoms with Crippen molar-refractivity contribution >= 4 is 12.0 Å². The van der Waals surface area contributed by atoms with Gasteiger partial charge in [-0.3, -0.25) is 4.79 Å². The number of carbonyl (C=O) groups excluding carboxylic acids is 2. The standard InChI is InChI=1S/C16H24N2O4/c1-16(2,3)22-15(20)18-11-10-17-14(19)13(21-4)12-8-6-5-7-9-12/h5-9,13H,10-11H2,1-4H3,(H,17,19)(H,18,20). The first-order valence-electron chi connectivity index (χ1n) is 7.16. The fourth-order valence-corrected chi connectivity index (χ4v) is 1.78. The van der Waals surface area contributed by atoms with Gasteiger partial charge in [-0.25, -0.2) is 4.79 Å². The molecule has 1 aromatic rings. The molecule has 22 heavy (non-hydrogen) atoms. The second-order valence-corrected chi connectivity index (χ2v) is 5.75. The van der Waals surface area contributed by atoms with Crippen molar-refractivity contribution in [3.63, 3.8) is 0 Å². The lowest BCUT2D eigenvalue weighted by atomic mass is 10.1. The molecule has 1 rings (SSSR count). The second-order valence-electron chi connectivity index (χ2n) is 5.75. The first-order valence-corrected chi connectivity index (χ1v) is 7.16. The van der Waals surface area contributed by atoms with Gasteiger partial charge in [0.1, 0.15) is 5.60 Å². The monoisotopic (exact) mass is 308 g/mol. The van der Waals surface area contributed by atoms with Gasteiger partial charge >= 0.3 is 6.09 Å². The van der Waals surface area contributed by atoms with Crippen LogP contribution < -0.4 is 10.6 Å². The van der Waals surface area contributed by atoms with Crippen LogP contribution in [0.25, 0.3) is 0 Å². The summed E-state index contributed by atoms with van der Waals surface area (Å²) in [6.07, 6.45) is -1.17. The zero-order chi connectivity index (χ0) is 16.6. The normalized spacial score (nSPS) is 12.4. The van der Waals surface area contributed by atoms with E-state index in [9.17, 15) is 9.59 Å². The van der Waals surface area contributed by atoms with Crippen molar-refractivity contribution in [2.24, 2.45) is 0 Å². The number of methoxy groups -OCH3 is 1. The molecular weight excluding hydrogens is 284 g/mol. The van der Waals surface area contributed by atoms with E-state index in [4.69, 9.17) is 9.47 Å². The lowest BCUT2D eigenvalue weighted by Gasteiger charge is -2.20. The molecule has 2 amide bonds. The summed E-state index contributed by atoms with van der Waals surface area (Å²) >= 11 is 0. The highest BCUT2D eigenvalue weighted by molar-refractivity contribution is 5.82. The van der Waals surface area contributed by atoms with Crippen molar-refractivity contribution in [3.8, 4) is 0 Å². The Morgan fingerprint density at radius 2 is 1.68 bits per heavy atom. The van der Waals surface area contributed by atoms with Crippen LogP contribution in [0.3, 0.4) is 0 Å². The Labute approximate surface area is 131 Å². The van der Waals surface area contributed by atoms with Gasteiger partial charge in [0, 0.05) is 20.2 Å². The molecule has 1 aromatic carbocycles. The van der Waals surface area contributed by atoms with Crippen molar-refractivity contribution in [1.29, 1.82) is 0 Å². The van der Waals surface area contributed by atoms with Gasteiger partial charge in [-0.2, -0.15) is 0 Å². The first-order chi connectivity index (χ1) is 10.3. The number of alkyl carbamates (subject to hydrolysis) is 1. The molecule has 0 bridgehead atoms. The molecule has 0 heterocycles. The van der Waals surface area contributed by atoms with Crippen LogP contribution in [0.1, 0.15) is 32.4 Å². The van der Waals surface area contributed by atoms with Crippen molar-refractivity contribution < 1.29 is 19.1 Å². The predicted molar refractivity (Wildman–Crippen MR) is 83.4 cm³/mol. The number of carbonyl (C=O) groups is 2. The molecule has 6 nitrogen and oxygen atoms in total. The number of hydrogen-bond donors (Lipinski definition) is 2. The van der Waals surface area contributed by atoms with Gasteiger partial charge in [-0.1, -0.05) is 30.3 Å². The molecule has 2 N–H and O–H groups in total. The van der Waals surface area contributed by atoms with Crippen LogP contribution in [0.15, 0.2) is 30.3 Å². The van der Waals surface area contributed by atoms with Gasteiger partial charge in [0.2, 0.25) is 0 Å². The van der Waals surface area contributed by atoms with Crippen LogP contribution in [0, 0.1) is 0 Å². The van der Waals surface area contributed by atoms with Crippen LogP contribution in [0.4, 0.5) is 4.79 Å². The molecule has 0 saturated carbocycles. The average Bonchev–Trinajstić information content (AvgIpc) is 2.44. The van der Waals surface area contributed by atoms with Crippen molar-refractivity contribution in [2.75, 3.05) is 20.2 Å². The Morgan fingerprint density at radius 1 is 1.09 bits per heavy atom. The van der Waals surface area contributed by atoms with Crippen molar-refractivity contribution in [3.05, 3.63) is 35.9 Å². The molecule has 1 unspecified atom stereocenters. The zero-order valence-corrected chi connectivity index (χ0v) is 13.5. The van der Waals surface area contributed by atoms with Gasteiger partial charge in [0.15, 0.2) is 6.10 Å². The minimum Gasteiger partial charge on any atom is -0.444 e. The zero-order valence-electron chi connectivity index (χ0n) is 13.5. The third kappa shape index (κ3) is 6.58. The molecule has 0 aliphatic heterocycles. The third-order valence-corrected chi connectivity index (χ3v) is 2.67. The molecule has 6 heteroatoms. The van der Waals surface area contributed by atoms with Gasteiger partial charge in [-0.05, 0) is 26.3 Å². The van der Waals surface area contributed by atoms with Crippen molar-refractivity contribution in [2.45, 2.75) is 32.5 Å². The van der Waals surface area contributed by atoms with Gasteiger partial charge < -0.3 is 20.1 Å². The fourth-order valence-electron chi connectivity index (χ4n) is 1.78. The van der Waals surface area contributed by atoms with Crippen LogP contribution >= 0.6 is 0 Å². The summed E-state index contributed by atoms with van der Waals surface area (Å²) in [7, 11) is 1.48. The molecular formula is C16H24N2O4. The lowest BCUT2D eigenvalue weighted by Crippen LogP contribution is -2.39. The highest BCUT2D eigenvalue weighted by Crippen LogP contribution is 2.15. The summed E-state index contributed by atoms with van der Waals surface area (Å²) in [5.41, 5.74) is 0.240. The average molecular weight is 308 g/mol. The van der Waals surface area contributed by atoms with E-state index in [0.717, 1.165) is 5.56 Å². The van der Waals surface area contributed by atoms with E-state index in [2.05, 4.69) is 10.6 Å². The van der Waals surface area contributed by atoms with Crippen molar-refractivity contribution in [1.82, 2.24) is 10.6 Å². The Hall–Kier alpha value is -2.08. The van der Waals surface area contributed by atoms with E-state index >= 15 is 0 Å². The summed E-state index contributed by atoms with van der Waals surface area (Å²) in [5.74, 6) is -0.250. The molecule has 1 atom stereocenters. The molecule has 0 aromatic heterocycles. The molecule has 0 aliphatic carbocycles. The summed E-state index contributed by atoms with van der Waals surface area (Å²) in [6.45, 7) is 5.95. The lowest BCUT2D eigenvalue weighted by molar-refractivity contribution is -0.131. The maximum Gasteiger partial charge on any atom is 0.407 e. The van der Waals surface area contributed by atoms with E-state index < -0.39 is 17.8 Å². The highest BCUT2D eigenvalue weighted by atomic mass is 16.6. The van der Waals surface area contributed by atoms with Gasteiger partial charge in [-0.15, -0.1) is 0 Å². The van der Waals surface area contributed by atoms with Gasteiger partial charge in [0.05, 0.1) is 0 Å². The number of amides is 2. The minimum absolute atomic E-state index is 0.250. The molecule has 0 saturated heterocycles. The van der Waals surface area contributed by atoms with E-state index in [-0.39, 0.29) is 12.5 Å². The molecule has 0 radical (unpaired) electrons. The van der Waals surface area contributed by atoms with Gasteiger partial charge in [0.25, 0.3) is 5.91 Å². The molecule has 122 valence electrons. The van der Waals surface area contributed by atoms with Crippen LogP contribution in [-0.4, -0.2) is 37.8 Å². The fraction of sp³-hybridized carbons (Fsp3) is 0.500. The molecule has 0 spiro atoms. The Kier molecular flexibility index (Phi) is 6.85. The topological polar surface area (TPSA) is 76.7 Å². The maximum atomic E-state index is 12.1. The summed E-state index contributed by atoms with van der Waals surface area (Å²) in [5, 5.41) is 5.29. The second kappa shape index (κ2) is 8.38. The SMILES string of the molecule is COC(C(=O)NCCNC(=O)OC(C)(C)C)c1ccccc1. The Balaban J connectivity index is 2.35. The van der Waals surface area contributed by atoms with E-state index in [0.29, 0.717) is 6.54 Å². The van der Waals surface area contributed by atoms with Crippen LogP contribution in [0.5, 0.6) is 0 Å². The Bertz CT molecular complexity index is 483. The largest absolute Gasteiger partial charge is 0.444 e. The number of ether oxygens (including phenoxy) is 2. The van der Waals surface area contributed by atoms with E-state index in [1.165, 1.54) is 7.11 Å². The summed E-state index contributed by atoms with van der Waals surface area (Å²) < 4.78 is 10.3. The number of rotatable bonds is 6. The quantitative estimate of drug-likeness (QED) is 0.788. The minimum atomic E-state index is -0.664. The van der Waals surface area contributed by atoms with E-state index in [1.807, 2.05) is 30.3 Å². The third-order valence-electron chi connectivity index (χ3n) is 2.67. The number of hydrogen-bond acceptors (Lipinski definition) is 4. The number of nitrogens with one attached hydrogen (secondary N) is 2. The Morgan fingerprint density at radius 3 is 2.23 bits per heavy atom. The summed E-state index contributed by atoms with van der Waals surface area (Å²) in [6, 6.07) is 9.22. The number of benzene rings is 1. The van der Waals surface area contributed by atoms with E-state index in [1.54, 1.807) is 20.8 Å². The maximum absolute atomic E-state index is 12.1. The first kappa shape index (κ1) is 18.0. The van der Waals surface area contributed by atoms with Crippen LogP contribution in [0.2, 0.25) is 0 Å². The summed E-state index contributed by atoms with van der Waals surface area (Å²) in [4.78, 5) is 23.5. The molecule has 0 fully saturated rings. The predicted octanol–water partition coefficient (Wildman–Crippen LogP) is 2.01. The molecule has 0 aliphatic rings. The highest BCUT2D eigenvalue weighted by Gasteiger charge is 2.19. The van der Waals surface area contributed by atoms with Crippen LogP contribution in [-0.2, 0) is 14.3 Å².